The van der Waals surface area contributed by atoms with Crippen LogP contribution in [-0.4, -0.2) is 37.2 Å². The van der Waals surface area contributed by atoms with Crippen molar-refractivity contribution in [2.45, 2.75) is 17.8 Å². The minimum Gasteiger partial charge on any atom is -0.315 e. The van der Waals surface area contributed by atoms with Crippen LogP contribution in [0.1, 0.15) is 5.56 Å². The molecule has 0 N–H and O–H groups in total. The van der Waals surface area contributed by atoms with Gasteiger partial charge in [-0.25, -0.2) is 8.42 Å². The molecule has 0 saturated carbocycles. The number of aliphatic imine (C=N–C) groups is 1. The maximum Gasteiger partial charge on any atom is 0.164 e. The van der Waals surface area contributed by atoms with Crippen LogP contribution in [0.4, 0.5) is 5.69 Å². The minimum atomic E-state index is -3.12. The van der Waals surface area contributed by atoms with E-state index in [2.05, 4.69) is 0 Å². The molecule has 0 amide bonds. The van der Waals surface area contributed by atoms with Gasteiger partial charge in [0.15, 0.2) is 15.0 Å². The number of fused-ring (bicyclic) bond motifs is 1. The largest absolute Gasteiger partial charge is 0.315 e. The number of sulfone groups is 1. The molecule has 2 aromatic carbocycles. The molecule has 2 aliphatic rings. The van der Waals surface area contributed by atoms with E-state index < -0.39 is 9.84 Å². The van der Waals surface area contributed by atoms with Gasteiger partial charge in [-0.3, -0.25) is 4.99 Å². The van der Waals surface area contributed by atoms with Crippen LogP contribution in [0.15, 0.2) is 41.4 Å². The maximum absolute atomic E-state index is 12.1. The summed E-state index contributed by atoms with van der Waals surface area (Å²) in [6, 6.07) is 10.1. The zero-order valence-corrected chi connectivity index (χ0v) is 18.9. The van der Waals surface area contributed by atoms with Gasteiger partial charge in [0.05, 0.1) is 33.6 Å². The van der Waals surface area contributed by atoms with Gasteiger partial charge in [-0.15, -0.1) is 0 Å². The molecule has 2 aromatic rings. The first-order chi connectivity index (χ1) is 13.2. The Hall–Kier alpha value is -0.630. The van der Waals surface area contributed by atoms with Gasteiger partial charge in [-0.05, 0) is 35.9 Å². The van der Waals surface area contributed by atoms with E-state index in [-0.39, 0.29) is 23.6 Å². The van der Waals surface area contributed by atoms with Crippen molar-refractivity contribution in [2.75, 3.05) is 16.4 Å². The van der Waals surface area contributed by atoms with Gasteiger partial charge >= 0.3 is 0 Å². The smallest absolute Gasteiger partial charge is 0.164 e. The van der Waals surface area contributed by atoms with Crippen molar-refractivity contribution < 1.29 is 8.42 Å². The van der Waals surface area contributed by atoms with E-state index in [0.29, 0.717) is 25.8 Å². The van der Waals surface area contributed by atoms with Gasteiger partial charge in [0, 0.05) is 21.5 Å². The molecule has 0 unspecified atom stereocenters. The van der Waals surface area contributed by atoms with Gasteiger partial charge in [-0.1, -0.05) is 64.2 Å². The van der Waals surface area contributed by atoms with Crippen LogP contribution >= 0.6 is 58.2 Å². The van der Waals surface area contributed by atoms with Crippen LogP contribution in [0, 0.1) is 0 Å². The Kier molecular flexibility index (Phi) is 5.82. The highest BCUT2D eigenvalue weighted by Gasteiger charge is 2.47. The summed E-state index contributed by atoms with van der Waals surface area (Å²) in [5.74, 6) is 0.730. The van der Waals surface area contributed by atoms with Crippen molar-refractivity contribution in [3.05, 3.63) is 62.1 Å². The number of nitrogens with zero attached hydrogens (tertiary/aromatic N) is 2. The van der Waals surface area contributed by atoms with Crippen LogP contribution in [0.25, 0.3) is 0 Å². The fourth-order valence-electron chi connectivity index (χ4n) is 3.39. The molecule has 2 atom stereocenters. The van der Waals surface area contributed by atoms with Crippen molar-refractivity contribution in [1.29, 1.82) is 0 Å². The highest BCUT2D eigenvalue weighted by molar-refractivity contribution is 8.13. The summed E-state index contributed by atoms with van der Waals surface area (Å²) < 4.78 is 24.3. The lowest BCUT2D eigenvalue weighted by Crippen LogP contribution is -2.39. The van der Waals surface area contributed by atoms with Gasteiger partial charge in [0.25, 0.3) is 0 Å². The quantitative estimate of drug-likeness (QED) is 0.558. The van der Waals surface area contributed by atoms with E-state index in [9.17, 15) is 8.42 Å². The minimum absolute atomic E-state index is 0.0549. The lowest BCUT2D eigenvalue weighted by atomic mass is 10.1. The Morgan fingerprint density at radius 2 is 1.71 bits per heavy atom. The first-order valence-corrected chi connectivity index (χ1v) is 12.6. The first kappa shape index (κ1) is 20.6. The predicted octanol–water partition coefficient (Wildman–Crippen LogP) is 5.58. The summed E-state index contributed by atoms with van der Waals surface area (Å²) >= 11 is 26.0. The normalized spacial score (nSPS) is 23.0. The lowest BCUT2D eigenvalue weighted by Gasteiger charge is -2.27. The molecule has 4 rings (SSSR count). The molecule has 1 saturated heterocycles. The second-order valence-electron chi connectivity index (χ2n) is 6.66. The molecule has 0 aliphatic carbocycles. The van der Waals surface area contributed by atoms with E-state index in [1.807, 2.05) is 17.0 Å². The third-order valence-corrected chi connectivity index (χ3v) is 8.50. The zero-order valence-electron chi connectivity index (χ0n) is 14.3. The Bertz CT molecular complexity index is 1060. The number of hydrogen-bond donors (Lipinski definition) is 0. The molecular weight excluding hydrogens is 482 g/mol. The topological polar surface area (TPSA) is 49.7 Å². The number of rotatable bonds is 3. The number of anilines is 1. The predicted molar refractivity (Wildman–Crippen MR) is 120 cm³/mol. The van der Waals surface area contributed by atoms with Gasteiger partial charge in [0.2, 0.25) is 0 Å². The second kappa shape index (κ2) is 7.89. The van der Waals surface area contributed by atoms with Gasteiger partial charge < -0.3 is 4.90 Å². The van der Waals surface area contributed by atoms with Crippen molar-refractivity contribution in [3.63, 3.8) is 0 Å². The molecule has 148 valence electrons. The van der Waals surface area contributed by atoms with Crippen molar-refractivity contribution in [1.82, 2.24) is 0 Å². The van der Waals surface area contributed by atoms with E-state index >= 15 is 0 Å². The summed E-state index contributed by atoms with van der Waals surface area (Å²) in [6.07, 6.45) is 0. The number of amidine groups is 1. The van der Waals surface area contributed by atoms with Crippen molar-refractivity contribution in [3.8, 4) is 0 Å². The maximum atomic E-state index is 12.1. The van der Waals surface area contributed by atoms with Crippen molar-refractivity contribution in [2.24, 2.45) is 4.99 Å². The fourth-order valence-corrected chi connectivity index (χ4v) is 7.14. The molecule has 0 spiro atoms. The second-order valence-corrected chi connectivity index (χ2v) is 11.4. The molecular formula is C18H14Cl4N2O2S2. The summed E-state index contributed by atoms with van der Waals surface area (Å²) in [5.41, 5.74) is 1.73. The molecule has 0 radical (unpaired) electrons. The first-order valence-electron chi connectivity index (χ1n) is 8.32. The Labute approximate surface area is 187 Å². The number of hydrogen-bond acceptors (Lipinski definition) is 5. The zero-order chi connectivity index (χ0) is 20.1. The Balaban J connectivity index is 1.64. The standard InChI is InChI=1S/C18H14Cl4N2O2S2/c19-11-4-12(20)6-13(5-11)24-17-9-28(25,26)8-16(17)23-18(24)27-7-10-1-2-14(21)15(22)3-10/h1-6,16-17H,7-9H2/t16-,17+/m0/s1. The molecule has 2 heterocycles. The summed E-state index contributed by atoms with van der Waals surface area (Å²) in [5, 5.41) is 2.72. The SMILES string of the molecule is O=S1(=O)C[C@@H]2N=C(SCc3ccc(Cl)c(Cl)c3)N(c3cc(Cl)cc(Cl)c3)[C@@H]2C1. The molecule has 0 bridgehead atoms. The van der Waals surface area contributed by atoms with Crippen LogP contribution in [0.2, 0.25) is 20.1 Å². The van der Waals surface area contributed by atoms with Crippen LogP contribution in [0.5, 0.6) is 0 Å². The molecule has 1 fully saturated rings. The van der Waals surface area contributed by atoms with Crippen LogP contribution in [-0.2, 0) is 15.6 Å². The van der Waals surface area contributed by atoms with Gasteiger partial charge in [0.1, 0.15) is 0 Å². The molecule has 10 heteroatoms. The highest BCUT2D eigenvalue weighted by Crippen LogP contribution is 2.38. The summed E-state index contributed by atoms with van der Waals surface area (Å²) in [6.45, 7) is 0. The third-order valence-electron chi connectivity index (χ3n) is 4.58. The summed E-state index contributed by atoms with van der Waals surface area (Å²) in [4.78, 5) is 6.64. The molecule has 2 aliphatic heterocycles. The molecule has 28 heavy (non-hydrogen) atoms. The van der Waals surface area contributed by atoms with E-state index in [1.54, 1.807) is 24.3 Å². The summed E-state index contributed by atoms with van der Waals surface area (Å²) in [7, 11) is -3.12. The monoisotopic (exact) mass is 494 g/mol. The average Bonchev–Trinajstić information content (AvgIpc) is 3.06. The number of benzene rings is 2. The van der Waals surface area contributed by atoms with Crippen LogP contribution in [0.3, 0.4) is 0 Å². The van der Waals surface area contributed by atoms with Gasteiger partial charge in [-0.2, -0.15) is 0 Å². The van der Waals surface area contributed by atoms with E-state index in [1.165, 1.54) is 11.8 Å². The Morgan fingerprint density at radius 1 is 1.00 bits per heavy atom. The highest BCUT2D eigenvalue weighted by atomic mass is 35.5. The number of halogens is 4. The van der Waals surface area contributed by atoms with E-state index in [0.717, 1.165) is 16.4 Å². The average molecular weight is 496 g/mol. The molecule has 4 nitrogen and oxygen atoms in total. The molecule has 0 aromatic heterocycles. The van der Waals surface area contributed by atoms with E-state index in [4.69, 9.17) is 51.4 Å². The fraction of sp³-hybridized carbons (Fsp3) is 0.278. The van der Waals surface area contributed by atoms with Crippen LogP contribution < -0.4 is 4.90 Å². The Morgan fingerprint density at radius 3 is 2.39 bits per heavy atom. The van der Waals surface area contributed by atoms with Crippen molar-refractivity contribution >= 4 is 78.9 Å². The lowest BCUT2D eigenvalue weighted by molar-refractivity contribution is 0.601. The third kappa shape index (κ3) is 4.27. The number of thioether (sulfide) groups is 1.